The third-order valence-electron chi connectivity index (χ3n) is 3.67. The second-order valence-corrected chi connectivity index (χ2v) is 5.49. The molecule has 0 aromatic heterocycles. The van der Waals surface area contributed by atoms with Crippen LogP contribution < -0.4 is 10.3 Å². The van der Waals surface area contributed by atoms with Gasteiger partial charge in [0.25, 0.3) is 5.56 Å². The van der Waals surface area contributed by atoms with E-state index in [1.165, 1.54) is 16.8 Å². The quantitative estimate of drug-likeness (QED) is 0.613. The number of fused-ring (bicyclic) bond motifs is 3. The molecular formula is C17H12ClN3O2. The summed E-state index contributed by atoms with van der Waals surface area (Å²) in [6, 6.07) is 11.5. The fourth-order valence-electron chi connectivity index (χ4n) is 2.59. The second kappa shape index (κ2) is 5.14. The number of H-pyrrole nitrogens is 1. The summed E-state index contributed by atoms with van der Waals surface area (Å²) in [5.41, 5.74) is 1.79. The van der Waals surface area contributed by atoms with Crippen molar-refractivity contribution in [2.45, 2.75) is 0 Å². The summed E-state index contributed by atoms with van der Waals surface area (Å²) in [6.45, 7) is 0. The highest BCUT2D eigenvalue weighted by Gasteiger charge is 2.19. The highest BCUT2D eigenvalue weighted by Crippen LogP contribution is 2.28. The first-order chi connectivity index (χ1) is 12.3. The van der Waals surface area contributed by atoms with Crippen molar-refractivity contribution >= 4 is 22.5 Å². The van der Waals surface area contributed by atoms with Crippen LogP contribution in [0.4, 0.5) is 0 Å². The predicted octanol–water partition coefficient (Wildman–Crippen LogP) is 3.48. The van der Waals surface area contributed by atoms with Crippen LogP contribution in [-0.4, -0.2) is 21.8 Å². The van der Waals surface area contributed by atoms with Crippen LogP contribution in [0.2, 0.25) is 5.02 Å². The minimum Gasteiger partial charge on any atom is -0.497 e. The summed E-state index contributed by atoms with van der Waals surface area (Å²) < 4.78 is 27.7. The van der Waals surface area contributed by atoms with Crippen molar-refractivity contribution < 1.29 is 8.85 Å². The second-order valence-electron chi connectivity index (χ2n) is 5.06. The Hall–Kier alpha value is -2.79. The van der Waals surface area contributed by atoms with Gasteiger partial charge in [0, 0.05) is 28.2 Å². The first-order valence-corrected chi connectivity index (χ1v) is 7.19. The zero-order valence-electron chi connectivity index (χ0n) is 14.7. The molecule has 5 nitrogen and oxygen atoms in total. The average Bonchev–Trinajstić information content (AvgIpc) is 2.91. The van der Waals surface area contributed by atoms with Crippen LogP contribution >= 0.6 is 11.6 Å². The maximum atomic E-state index is 12.7. The van der Waals surface area contributed by atoms with Crippen LogP contribution in [0.1, 0.15) is 4.11 Å². The third kappa shape index (κ3) is 2.17. The molecule has 0 radical (unpaired) electrons. The molecular weight excluding hydrogens is 314 g/mol. The Morgan fingerprint density at radius 1 is 1.30 bits per heavy atom. The van der Waals surface area contributed by atoms with Gasteiger partial charge in [0.05, 0.1) is 22.4 Å². The van der Waals surface area contributed by atoms with Gasteiger partial charge in [0.2, 0.25) is 0 Å². The summed E-state index contributed by atoms with van der Waals surface area (Å²) >= 11 is 6.07. The molecule has 0 bridgehead atoms. The van der Waals surface area contributed by atoms with Gasteiger partial charge in [-0.3, -0.25) is 4.79 Å². The van der Waals surface area contributed by atoms with Crippen LogP contribution in [0.3, 0.4) is 0 Å². The van der Waals surface area contributed by atoms with Gasteiger partial charge < -0.3 is 9.72 Å². The van der Waals surface area contributed by atoms with E-state index < -0.39 is 7.04 Å². The zero-order chi connectivity index (χ0) is 18.5. The summed E-state index contributed by atoms with van der Waals surface area (Å²) in [7, 11) is -2.57. The molecule has 0 saturated heterocycles. The first kappa shape index (κ1) is 10.9. The maximum Gasteiger partial charge on any atom is 0.282 e. The largest absolute Gasteiger partial charge is 0.497 e. The summed E-state index contributed by atoms with van der Waals surface area (Å²) in [5.74, 6) is 0.126. The molecule has 0 spiro atoms. The molecule has 0 amide bonds. The van der Waals surface area contributed by atoms with Crippen molar-refractivity contribution in [3.05, 3.63) is 64.0 Å². The molecule has 0 saturated carbocycles. The van der Waals surface area contributed by atoms with E-state index in [9.17, 15) is 4.79 Å². The van der Waals surface area contributed by atoms with E-state index in [1.54, 1.807) is 30.5 Å². The molecule has 2 aliphatic rings. The Morgan fingerprint density at radius 2 is 2.22 bits per heavy atom. The molecule has 114 valence electrons. The number of pyridine rings is 1. The van der Waals surface area contributed by atoms with Crippen molar-refractivity contribution in [2.75, 3.05) is 7.04 Å². The number of hydrogen-bond acceptors (Lipinski definition) is 3. The van der Waals surface area contributed by atoms with Crippen molar-refractivity contribution in [3.63, 3.8) is 0 Å². The van der Waals surface area contributed by atoms with Crippen molar-refractivity contribution in [3.8, 4) is 22.7 Å². The number of benzene rings is 2. The Kier molecular flexibility index (Phi) is 2.43. The number of hydrogen-bond donors (Lipinski definition) is 1. The molecule has 0 atom stereocenters. The Labute approximate surface area is 140 Å². The molecule has 2 aromatic carbocycles. The molecule has 6 heteroatoms. The van der Waals surface area contributed by atoms with Gasteiger partial charge in [-0.2, -0.15) is 9.78 Å². The van der Waals surface area contributed by atoms with E-state index in [2.05, 4.69) is 10.1 Å². The number of rotatable bonds is 2. The van der Waals surface area contributed by atoms with E-state index in [-0.39, 0.29) is 11.3 Å². The monoisotopic (exact) mass is 328 g/mol. The van der Waals surface area contributed by atoms with Gasteiger partial charge in [-0.1, -0.05) is 17.7 Å². The molecule has 0 fully saturated rings. The molecule has 23 heavy (non-hydrogen) atoms. The van der Waals surface area contributed by atoms with Gasteiger partial charge in [-0.05, 0) is 30.3 Å². The van der Waals surface area contributed by atoms with Crippen molar-refractivity contribution in [2.24, 2.45) is 0 Å². The fourth-order valence-corrected chi connectivity index (χ4v) is 2.76. The minimum atomic E-state index is -2.57. The summed E-state index contributed by atoms with van der Waals surface area (Å²) in [6.07, 6.45) is 1.60. The highest BCUT2D eigenvalue weighted by molar-refractivity contribution is 6.31. The van der Waals surface area contributed by atoms with E-state index in [1.807, 2.05) is 6.07 Å². The highest BCUT2D eigenvalue weighted by atomic mass is 35.5. The van der Waals surface area contributed by atoms with Gasteiger partial charge in [-0.15, -0.1) is 0 Å². The third-order valence-corrected chi connectivity index (χ3v) is 3.90. The number of aromatic nitrogens is 3. The normalized spacial score (nSPS) is 13.7. The van der Waals surface area contributed by atoms with E-state index in [0.29, 0.717) is 22.0 Å². The first-order valence-electron chi connectivity index (χ1n) is 8.31. The summed E-state index contributed by atoms with van der Waals surface area (Å²) in [4.78, 5) is 15.8. The van der Waals surface area contributed by atoms with Gasteiger partial charge >= 0.3 is 0 Å². The van der Waals surface area contributed by atoms with Crippen molar-refractivity contribution in [1.82, 2.24) is 14.8 Å². The number of nitrogens with one attached hydrogen (secondary N) is 1. The van der Waals surface area contributed by atoms with Crippen LogP contribution in [0, 0.1) is 0 Å². The Morgan fingerprint density at radius 3 is 3.09 bits per heavy atom. The number of nitrogens with zero attached hydrogens (tertiary/aromatic N) is 2. The molecule has 1 N–H and O–H groups in total. The number of aromatic amines is 1. The lowest BCUT2D eigenvalue weighted by Crippen LogP contribution is -2.14. The van der Waals surface area contributed by atoms with E-state index in [0.717, 1.165) is 10.9 Å². The lowest BCUT2D eigenvalue weighted by atomic mass is 10.1. The van der Waals surface area contributed by atoms with E-state index in [4.69, 9.17) is 20.5 Å². The fraction of sp³-hybridized carbons (Fsp3) is 0.0588. The summed E-state index contributed by atoms with van der Waals surface area (Å²) in [5, 5.41) is 5.68. The predicted molar refractivity (Wildman–Crippen MR) is 89.9 cm³/mol. The lowest BCUT2D eigenvalue weighted by Gasteiger charge is -2.03. The van der Waals surface area contributed by atoms with Gasteiger partial charge in [0.1, 0.15) is 11.4 Å². The molecule has 2 aromatic rings. The van der Waals surface area contributed by atoms with E-state index >= 15 is 0 Å². The zero-order valence-corrected chi connectivity index (χ0v) is 12.5. The average molecular weight is 329 g/mol. The lowest BCUT2D eigenvalue weighted by molar-refractivity contribution is 0.414. The van der Waals surface area contributed by atoms with Crippen LogP contribution in [-0.2, 0) is 0 Å². The van der Waals surface area contributed by atoms with Crippen LogP contribution in [0.15, 0.2) is 53.5 Å². The minimum absolute atomic E-state index is 0.126. The van der Waals surface area contributed by atoms with Gasteiger partial charge in [0.15, 0.2) is 0 Å². The van der Waals surface area contributed by atoms with Crippen LogP contribution in [0.25, 0.3) is 27.8 Å². The molecule has 2 heterocycles. The van der Waals surface area contributed by atoms with Gasteiger partial charge in [-0.25, -0.2) is 0 Å². The molecule has 0 unspecified atom stereocenters. The van der Waals surface area contributed by atoms with Crippen molar-refractivity contribution in [1.29, 1.82) is 0 Å². The Balaban J connectivity index is 1.90. The number of methoxy groups -OCH3 is 1. The molecule has 4 rings (SSSR count). The standard InChI is InChI=1S/C17H12ClN3O2/c1-23-12-4-2-3-11(8-12)21-17(22)14-9-19-15-6-5-10(18)7-13(15)16(14)20-21/h2-9,19H,1H3/i1D3. The molecule has 0 aliphatic carbocycles. The number of halogens is 1. The topological polar surface area (TPSA) is 59.9 Å². The smallest absolute Gasteiger partial charge is 0.282 e. The Bertz CT molecular complexity index is 1150. The molecule has 2 aliphatic heterocycles. The number of ether oxygens (including phenoxy) is 1. The van der Waals surface area contributed by atoms with Crippen LogP contribution in [0.5, 0.6) is 5.75 Å². The maximum absolute atomic E-state index is 12.7. The SMILES string of the molecule is [2H]C([2H])([2H])Oc1cccc(-n2nc3c4cc(Cl)ccc4[nH]cc-3c2=O)c1.